The third-order valence-electron chi connectivity index (χ3n) is 3.48. The van der Waals surface area contributed by atoms with E-state index >= 15 is 0 Å². The van der Waals surface area contributed by atoms with Crippen molar-refractivity contribution in [1.82, 2.24) is 0 Å². The molecule has 6 nitrogen and oxygen atoms in total. The summed E-state index contributed by atoms with van der Waals surface area (Å²) in [5.41, 5.74) is 2.04. The Bertz CT molecular complexity index is 857. The Morgan fingerprint density at radius 2 is 1.75 bits per heavy atom. The van der Waals surface area contributed by atoms with E-state index in [4.69, 9.17) is 9.84 Å². The Morgan fingerprint density at radius 1 is 1.12 bits per heavy atom. The topological polar surface area (TPSA) is 92.7 Å². The Hall–Kier alpha value is -2.54. The predicted molar refractivity (Wildman–Crippen MR) is 91.3 cm³/mol. The minimum atomic E-state index is -3.80. The molecule has 128 valence electrons. The minimum absolute atomic E-state index is 0.00145. The van der Waals surface area contributed by atoms with E-state index in [-0.39, 0.29) is 10.5 Å². The number of aromatic carboxylic acids is 1. The summed E-state index contributed by atoms with van der Waals surface area (Å²) in [6, 6.07) is 8.54. The third-order valence-corrected chi connectivity index (χ3v) is 4.86. The maximum Gasteiger partial charge on any atom is 0.335 e. The molecule has 0 bridgehead atoms. The van der Waals surface area contributed by atoms with Gasteiger partial charge in [-0.05, 0) is 68.3 Å². The first-order chi connectivity index (χ1) is 11.2. The van der Waals surface area contributed by atoms with Gasteiger partial charge in [-0.25, -0.2) is 13.2 Å². The summed E-state index contributed by atoms with van der Waals surface area (Å²) in [4.78, 5) is 10.8. The summed E-state index contributed by atoms with van der Waals surface area (Å²) in [7, 11) is -3.80. The van der Waals surface area contributed by atoms with E-state index in [0.29, 0.717) is 18.0 Å². The molecule has 2 aromatic rings. The normalized spacial score (nSPS) is 11.1. The Labute approximate surface area is 141 Å². The highest BCUT2D eigenvalue weighted by atomic mass is 32.2. The number of ether oxygens (including phenoxy) is 1. The van der Waals surface area contributed by atoms with Gasteiger partial charge < -0.3 is 9.84 Å². The number of anilines is 1. The molecule has 0 aliphatic carbocycles. The molecule has 0 fully saturated rings. The van der Waals surface area contributed by atoms with Crippen LogP contribution < -0.4 is 9.46 Å². The standard InChI is InChI=1S/C17H19NO5S/c1-4-23-16-10-11(2)15(9-12(16)3)18-24(21,22)14-7-5-13(6-8-14)17(19)20/h5-10,18H,4H2,1-3H3,(H,19,20). The number of hydrogen-bond donors (Lipinski definition) is 2. The van der Waals surface area contributed by atoms with E-state index in [9.17, 15) is 13.2 Å². The predicted octanol–water partition coefficient (Wildman–Crippen LogP) is 3.20. The Morgan fingerprint density at radius 3 is 2.29 bits per heavy atom. The van der Waals surface area contributed by atoms with E-state index in [1.165, 1.54) is 24.3 Å². The quantitative estimate of drug-likeness (QED) is 0.835. The van der Waals surface area contributed by atoms with Crippen molar-refractivity contribution in [2.45, 2.75) is 25.7 Å². The summed E-state index contributed by atoms with van der Waals surface area (Å²) >= 11 is 0. The number of carbonyl (C=O) groups is 1. The summed E-state index contributed by atoms with van der Waals surface area (Å²) in [6.07, 6.45) is 0. The number of rotatable bonds is 6. The molecule has 24 heavy (non-hydrogen) atoms. The molecule has 7 heteroatoms. The smallest absolute Gasteiger partial charge is 0.335 e. The van der Waals surface area contributed by atoms with Crippen LogP contribution in [-0.2, 0) is 10.0 Å². The van der Waals surface area contributed by atoms with Crippen LogP contribution in [0.1, 0.15) is 28.4 Å². The lowest BCUT2D eigenvalue weighted by atomic mass is 10.1. The van der Waals surface area contributed by atoms with Crippen molar-refractivity contribution < 1.29 is 23.1 Å². The zero-order chi connectivity index (χ0) is 17.9. The highest BCUT2D eigenvalue weighted by molar-refractivity contribution is 7.92. The fourth-order valence-corrected chi connectivity index (χ4v) is 3.31. The zero-order valence-corrected chi connectivity index (χ0v) is 14.5. The highest BCUT2D eigenvalue weighted by Gasteiger charge is 2.17. The average molecular weight is 349 g/mol. The second-order valence-corrected chi connectivity index (χ2v) is 6.98. The SMILES string of the molecule is CCOc1cc(C)c(NS(=O)(=O)c2ccc(C(=O)O)cc2)cc1C. The number of nitrogens with one attached hydrogen (secondary N) is 1. The maximum atomic E-state index is 12.5. The minimum Gasteiger partial charge on any atom is -0.494 e. The van der Waals surface area contributed by atoms with Crippen LogP contribution in [0.15, 0.2) is 41.3 Å². The monoisotopic (exact) mass is 349 g/mol. The summed E-state index contributed by atoms with van der Waals surface area (Å²) in [5, 5.41) is 8.87. The second-order valence-electron chi connectivity index (χ2n) is 5.30. The van der Waals surface area contributed by atoms with Gasteiger partial charge in [-0.2, -0.15) is 0 Å². The van der Waals surface area contributed by atoms with Gasteiger partial charge in [0.1, 0.15) is 5.75 Å². The molecular weight excluding hydrogens is 330 g/mol. The van der Waals surface area contributed by atoms with Crippen LogP contribution in [0.3, 0.4) is 0 Å². The third kappa shape index (κ3) is 3.86. The van der Waals surface area contributed by atoms with Crippen LogP contribution in [0.4, 0.5) is 5.69 Å². The number of carboxylic acid groups (broad SMARTS) is 1. The summed E-state index contributed by atoms with van der Waals surface area (Å²) in [6.45, 7) is 6.03. The van der Waals surface area contributed by atoms with Gasteiger partial charge in [0.25, 0.3) is 10.0 Å². The first-order valence-corrected chi connectivity index (χ1v) is 8.83. The van der Waals surface area contributed by atoms with E-state index in [2.05, 4.69) is 4.72 Å². The number of aryl methyl sites for hydroxylation is 2. The van der Waals surface area contributed by atoms with Gasteiger partial charge in [0.05, 0.1) is 22.8 Å². The molecule has 0 amide bonds. The number of carboxylic acids is 1. The van der Waals surface area contributed by atoms with Crippen LogP contribution in [0, 0.1) is 13.8 Å². The fourth-order valence-electron chi connectivity index (χ4n) is 2.19. The van der Waals surface area contributed by atoms with Gasteiger partial charge in [0.15, 0.2) is 0 Å². The Kier molecular flexibility index (Phi) is 5.14. The van der Waals surface area contributed by atoms with Gasteiger partial charge in [-0.3, -0.25) is 4.72 Å². The van der Waals surface area contributed by atoms with Crippen molar-refractivity contribution in [1.29, 1.82) is 0 Å². The molecule has 2 N–H and O–H groups in total. The van der Waals surface area contributed by atoms with Gasteiger partial charge in [0, 0.05) is 0 Å². The molecule has 2 rings (SSSR count). The lowest BCUT2D eigenvalue weighted by Crippen LogP contribution is -2.14. The van der Waals surface area contributed by atoms with Gasteiger partial charge in [-0.15, -0.1) is 0 Å². The second kappa shape index (κ2) is 6.92. The van der Waals surface area contributed by atoms with Crippen LogP contribution >= 0.6 is 0 Å². The molecule has 0 aliphatic rings. The molecule has 0 aliphatic heterocycles. The van der Waals surface area contributed by atoms with Crippen molar-refractivity contribution in [2.24, 2.45) is 0 Å². The molecule has 0 saturated carbocycles. The summed E-state index contributed by atoms with van der Waals surface area (Å²) in [5.74, 6) is -0.395. The lowest BCUT2D eigenvalue weighted by Gasteiger charge is -2.14. The molecule has 0 saturated heterocycles. The number of hydrogen-bond acceptors (Lipinski definition) is 4. The fraction of sp³-hybridized carbons (Fsp3) is 0.235. The highest BCUT2D eigenvalue weighted by Crippen LogP contribution is 2.28. The summed E-state index contributed by atoms with van der Waals surface area (Å²) < 4.78 is 33.0. The largest absolute Gasteiger partial charge is 0.494 e. The average Bonchev–Trinajstić information content (AvgIpc) is 2.52. The molecule has 2 aromatic carbocycles. The van der Waals surface area contributed by atoms with Crippen LogP contribution in [0.5, 0.6) is 5.75 Å². The first-order valence-electron chi connectivity index (χ1n) is 7.35. The van der Waals surface area contributed by atoms with Crippen LogP contribution in [0.25, 0.3) is 0 Å². The van der Waals surface area contributed by atoms with Gasteiger partial charge in [0.2, 0.25) is 0 Å². The van der Waals surface area contributed by atoms with E-state index in [0.717, 1.165) is 11.1 Å². The van der Waals surface area contributed by atoms with Crippen molar-refractivity contribution in [3.63, 3.8) is 0 Å². The van der Waals surface area contributed by atoms with E-state index < -0.39 is 16.0 Å². The molecule has 0 unspecified atom stereocenters. The van der Waals surface area contributed by atoms with Crippen molar-refractivity contribution in [3.05, 3.63) is 53.1 Å². The van der Waals surface area contributed by atoms with Crippen molar-refractivity contribution in [3.8, 4) is 5.75 Å². The molecule has 0 aromatic heterocycles. The van der Waals surface area contributed by atoms with Gasteiger partial charge >= 0.3 is 5.97 Å². The molecule has 0 radical (unpaired) electrons. The van der Waals surface area contributed by atoms with Crippen LogP contribution in [0.2, 0.25) is 0 Å². The maximum absolute atomic E-state index is 12.5. The van der Waals surface area contributed by atoms with Gasteiger partial charge in [-0.1, -0.05) is 0 Å². The zero-order valence-electron chi connectivity index (χ0n) is 13.7. The number of sulfonamides is 1. The van der Waals surface area contributed by atoms with E-state index in [1.54, 1.807) is 19.1 Å². The Balaban J connectivity index is 2.32. The molecule has 0 heterocycles. The molecular formula is C17H19NO5S. The molecule has 0 spiro atoms. The van der Waals surface area contributed by atoms with Crippen LogP contribution in [-0.4, -0.2) is 26.1 Å². The number of benzene rings is 2. The molecule has 0 atom stereocenters. The van der Waals surface area contributed by atoms with Crippen molar-refractivity contribution >= 4 is 21.7 Å². The first kappa shape index (κ1) is 17.8. The van der Waals surface area contributed by atoms with E-state index in [1.807, 2.05) is 13.8 Å². The lowest BCUT2D eigenvalue weighted by molar-refractivity contribution is 0.0696. The van der Waals surface area contributed by atoms with Crippen molar-refractivity contribution in [2.75, 3.05) is 11.3 Å².